The number of hydrogen-bond donors (Lipinski definition) is 3. The number of hydrogen-bond acceptors (Lipinski definition) is 4. The molecule has 0 spiro atoms. The third kappa shape index (κ3) is 5.90. The van der Waals surface area contributed by atoms with Crippen LogP contribution in [0.2, 0.25) is 0 Å². The van der Waals surface area contributed by atoms with Gasteiger partial charge in [-0.3, -0.25) is 4.79 Å². The van der Waals surface area contributed by atoms with Gasteiger partial charge in [0.25, 0.3) is 0 Å². The number of unbranched alkanes of at least 4 members (excludes halogenated alkanes) is 1. The minimum Gasteiger partial charge on any atom is -0.450 e. The predicted molar refractivity (Wildman–Crippen MR) is 52.2 cm³/mol. The molecule has 6 nitrogen and oxygen atoms in total. The third-order valence-electron chi connectivity index (χ3n) is 2.14. The fraction of sp³-hybridized carbons (Fsp3) is 0.778. The van der Waals surface area contributed by atoms with Gasteiger partial charge in [-0.2, -0.15) is 0 Å². The highest BCUT2D eigenvalue weighted by Gasteiger charge is 2.25. The molecule has 0 saturated heterocycles. The molecule has 88 valence electrons. The lowest BCUT2D eigenvalue weighted by atomic mass is 9.96. The van der Waals surface area contributed by atoms with E-state index in [9.17, 15) is 9.59 Å². The molecule has 0 aromatic heterocycles. The summed E-state index contributed by atoms with van der Waals surface area (Å²) in [6.07, 6.45) is -0.583. The van der Waals surface area contributed by atoms with Crippen molar-refractivity contribution in [2.75, 3.05) is 6.61 Å². The fourth-order valence-corrected chi connectivity index (χ4v) is 1.33. The molecule has 0 aromatic carbocycles. The summed E-state index contributed by atoms with van der Waals surface area (Å²) in [4.78, 5) is 21.3. The van der Waals surface area contributed by atoms with Gasteiger partial charge in [-0.05, 0) is 19.8 Å². The number of amides is 1. The monoisotopic (exact) mass is 219 g/mol. The van der Waals surface area contributed by atoms with Crippen molar-refractivity contribution in [2.45, 2.75) is 32.3 Å². The maximum atomic E-state index is 11.0. The van der Waals surface area contributed by atoms with E-state index in [0.29, 0.717) is 19.3 Å². The zero-order valence-corrected chi connectivity index (χ0v) is 8.68. The summed E-state index contributed by atoms with van der Waals surface area (Å²) in [6.45, 7) is 1.53. The lowest BCUT2D eigenvalue weighted by Gasteiger charge is -2.19. The summed E-state index contributed by atoms with van der Waals surface area (Å²) >= 11 is 0. The first-order valence-electron chi connectivity index (χ1n) is 4.78. The highest BCUT2D eigenvalue weighted by Crippen LogP contribution is 2.15. The Bertz CT molecular complexity index is 219. The summed E-state index contributed by atoms with van der Waals surface area (Å²) < 4.78 is 4.46. The van der Waals surface area contributed by atoms with Crippen LogP contribution in [0.15, 0.2) is 0 Å². The first-order chi connectivity index (χ1) is 6.99. The van der Waals surface area contributed by atoms with Crippen LogP contribution in [0, 0.1) is 5.92 Å². The maximum Gasteiger partial charge on any atom is 0.506 e. The molecule has 1 amide bonds. The molecule has 0 radical (unpaired) electrons. The first kappa shape index (κ1) is 13.7. The SMILES string of the molecule is CC(OC(=O)O)C(CCCCO)C(N)=O. The highest BCUT2D eigenvalue weighted by molar-refractivity contribution is 5.77. The number of carbonyl (C=O) groups excluding carboxylic acids is 1. The second-order valence-electron chi connectivity index (χ2n) is 3.32. The number of carbonyl (C=O) groups is 2. The number of rotatable bonds is 7. The van der Waals surface area contributed by atoms with Crippen LogP contribution in [-0.2, 0) is 9.53 Å². The molecule has 0 aliphatic carbocycles. The van der Waals surface area contributed by atoms with Crippen LogP contribution in [0.4, 0.5) is 4.79 Å². The second kappa shape index (κ2) is 7.05. The van der Waals surface area contributed by atoms with Crippen molar-refractivity contribution in [3.05, 3.63) is 0 Å². The predicted octanol–water partition coefficient (Wildman–Crippen LogP) is 0.334. The number of aliphatic hydroxyl groups is 1. The Morgan fingerprint density at radius 1 is 1.40 bits per heavy atom. The number of aliphatic hydroxyl groups excluding tert-OH is 1. The van der Waals surface area contributed by atoms with Crippen molar-refractivity contribution in [1.82, 2.24) is 0 Å². The van der Waals surface area contributed by atoms with Gasteiger partial charge in [-0.25, -0.2) is 4.79 Å². The van der Waals surface area contributed by atoms with Crippen LogP contribution >= 0.6 is 0 Å². The summed E-state index contributed by atoms with van der Waals surface area (Å²) in [5.41, 5.74) is 5.12. The topological polar surface area (TPSA) is 110 Å². The van der Waals surface area contributed by atoms with Gasteiger partial charge in [0.15, 0.2) is 0 Å². The first-order valence-corrected chi connectivity index (χ1v) is 4.78. The van der Waals surface area contributed by atoms with Crippen LogP contribution in [-0.4, -0.2) is 35.0 Å². The van der Waals surface area contributed by atoms with E-state index in [-0.39, 0.29) is 6.61 Å². The molecule has 0 saturated carbocycles. The second-order valence-corrected chi connectivity index (χ2v) is 3.32. The van der Waals surface area contributed by atoms with E-state index < -0.39 is 24.1 Å². The molecule has 4 N–H and O–H groups in total. The highest BCUT2D eigenvalue weighted by atomic mass is 16.7. The van der Waals surface area contributed by atoms with E-state index in [0.717, 1.165) is 0 Å². The smallest absolute Gasteiger partial charge is 0.450 e. The minimum atomic E-state index is -1.42. The Hall–Kier alpha value is -1.30. The molecule has 0 rings (SSSR count). The van der Waals surface area contributed by atoms with Crippen LogP contribution in [0.25, 0.3) is 0 Å². The largest absolute Gasteiger partial charge is 0.506 e. The Morgan fingerprint density at radius 3 is 2.40 bits per heavy atom. The number of ether oxygens (including phenoxy) is 1. The zero-order valence-electron chi connectivity index (χ0n) is 8.68. The van der Waals surface area contributed by atoms with Crippen LogP contribution in [0.1, 0.15) is 26.2 Å². The molecule has 0 aromatic rings. The summed E-state index contributed by atoms with van der Waals surface area (Å²) in [5.74, 6) is -1.21. The zero-order chi connectivity index (χ0) is 11.8. The van der Waals surface area contributed by atoms with Gasteiger partial charge in [0.2, 0.25) is 5.91 Å². The van der Waals surface area contributed by atoms with Crippen molar-refractivity contribution in [2.24, 2.45) is 11.7 Å². The van der Waals surface area contributed by atoms with E-state index in [1.807, 2.05) is 0 Å². The van der Waals surface area contributed by atoms with Gasteiger partial charge in [-0.15, -0.1) is 0 Å². The van der Waals surface area contributed by atoms with Crippen LogP contribution in [0.5, 0.6) is 0 Å². The minimum absolute atomic E-state index is 0.0413. The van der Waals surface area contributed by atoms with Gasteiger partial charge in [0, 0.05) is 6.61 Å². The molecular weight excluding hydrogens is 202 g/mol. The standard InChI is InChI=1S/C9H17NO5/c1-6(15-9(13)14)7(8(10)12)4-2-3-5-11/h6-7,11H,2-5H2,1H3,(H2,10,12)(H,13,14). The molecule has 0 aliphatic heterocycles. The number of nitrogens with two attached hydrogens (primary N) is 1. The van der Waals surface area contributed by atoms with Gasteiger partial charge < -0.3 is 20.7 Å². The third-order valence-corrected chi connectivity index (χ3v) is 2.14. The molecular formula is C9H17NO5. The van der Waals surface area contributed by atoms with E-state index in [2.05, 4.69) is 4.74 Å². The van der Waals surface area contributed by atoms with E-state index >= 15 is 0 Å². The molecule has 15 heavy (non-hydrogen) atoms. The van der Waals surface area contributed by atoms with Crippen LogP contribution < -0.4 is 5.73 Å². The van der Waals surface area contributed by atoms with Crippen molar-refractivity contribution in [3.8, 4) is 0 Å². The lowest BCUT2D eigenvalue weighted by molar-refractivity contribution is -0.125. The van der Waals surface area contributed by atoms with Crippen molar-refractivity contribution in [3.63, 3.8) is 0 Å². The summed E-state index contributed by atoms with van der Waals surface area (Å²) in [5, 5.41) is 16.9. The fourth-order valence-electron chi connectivity index (χ4n) is 1.33. The molecule has 0 heterocycles. The Labute approximate surface area is 88.0 Å². The summed E-state index contributed by atoms with van der Waals surface area (Å²) in [6, 6.07) is 0. The average Bonchev–Trinajstić information content (AvgIpc) is 2.10. The summed E-state index contributed by atoms with van der Waals surface area (Å²) in [7, 11) is 0. The number of primary amides is 1. The van der Waals surface area contributed by atoms with E-state index in [4.69, 9.17) is 15.9 Å². The van der Waals surface area contributed by atoms with Gasteiger partial charge >= 0.3 is 6.16 Å². The Kier molecular flexibility index (Phi) is 6.44. The van der Waals surface area contributed by atoms with Gasteiger partial charge in [0.05, 0.1) is 5.92 Å². The quantitative estimate of drug-likeness (QED) is 0.422. The van der Waals surface area contributed by atoms with Gasteiger partial charge in [0.1, 0.15) is 6.10 Å². The van der Waals surface area contributed by atoms with Crippen LogP contribution in [0.3, 0.4) is 0 Å². The van der Waals surface area contributed by atoms with Gasteiger partial charge in [-0.1, -0.05) is 6.42 Å². The molecule has 2 unspecified atom stereocenters. The van der Waals surface area contributed by atoms with Crippen molar-refractivity contribution < 1.29 is 24.5 Å². The molecule has 0 aliphatic rings. The Balaban J connectivity index is 4.13. The van der Waals surface area contributed by atoms with E-state index in [1.54, 1.807) is 0 Å². The van der Waals surface area contributed by atoms with E-state index in [1.165, 1.54) is 6.92 Å². The Morgan fingerprint density at radius 2 is 2.00 bits per heavy atom. The van der Waals surface area contributed by atoms with Crippen molar-refractivity contribution in [1.29, 1.82) is 0 Å². The average molecular weight is 219 g/mol. The number of carboxylic acid groups (broad SMARTS) is 1. The molecule has 2 atom stereocenters. The normalized spacial score (nSPS) is 14.3. The lowest BCUT2D eigenvalue weighted by Crippen LogP contribution is -2.34. The molecule has 0 fully saturated rings. The molecule has 6 heteroatoms. The van der Waals surface area contributed by atoms with Crippen molar-refractivity contribution >= 4 is 12.1 Å². The molecule has 0 bridgehead atoms. The maximum absolute atomic E-state index is 11.0.